The number of nitrogens with two attached hydrogens (primary N) is 1. The summed E-state index contributed by atoms with van der Waals surface area (Å²) in [4.78, 5) is 8.32. The SMILES string of the molecule is NCCNc1cncnc1-c1ccc(Br)cc1. The van der Waals surface area contributed by atoms with Crippen LogP contribution in [0.5, 0.6) is 0 Å². The van der Waals surface area contributed by atoms with Gasteiger partial charge in [-0.2, -0.15) is 0 Å². The molecule has 0 amide bonds. The summed E-state index contributed by atoms with van der Waals surface area (Å²) in [7, 11) is 0. The average Bonchev–Trinajstić information content (AvgIpc) is 2.38. The quantitative estimate of drug-likeness (QED) is 0.907. The molecule has 0 aliphatic rings. The van der Waals surface area contributed by atoms with Crippen molar-refractivity contribution in [3.05, 3.63) is 41.3 Å². The van der Waals surface area contributed by atoms with Gasteiger partial charge in [-0.05, 0) is 12.1 Å². The lowest BCUT2D eigenvalue weighted by molar-refractivity contribution is 1.02. The van der Waals surface area contributed by atoms with Gasteiger partial charge in [-0.25, -0.2) is 9.97 Å². The summed E-state index contributed by atoms with van der Waals surface area (Å²) in [6, 6.07) is 8.01. The molecule has 88 valence electrons. The molecule has 4 nitrogen and oxygen atoms in total. The number of aromatic nitrogens is 2. The second-order valence-electron chi connectivity index (χ2n) is 3.51. The van der Waals surface area contributed by atoms with E-state index < -0.39 is 0 Å². The molecule has 0 atom stereocenters. The molecule has 2 rings (SSSR count). The molecule has 1 aromatic heterocycles. The molecule has 0 saturated carbocycles. The molecule has 1 aromatic carbocycles. The van der Waals surface area contributed by atoms with Crippen LogP contribution in [-0.4, -0.2) is 23.1 Å². The van der Waals surface area contributed by atoms with Gasteiger partial charge < -0.3 is 11.1 Å². The van der Waals surface area contributed by atoms with E-state index in [1.165, 1.54) is 0 Å². The van der Waals surface area contributed by atoms with Gasteiger partial charge in [0.15, 0.2) is 0 Å². The maximum Gasteiger partial charge on any atom is 0.116 e. The van der Waals surface area contributed by atoms with Crippen molar-refractivity contribution < 1.29 is 0 Å². The zero-order valence-electron chi connectivity index (χ0n) is 9.23. The van der Waals surface area contributed by atoms with Crippen molar-refractivity contribution in [1.29, 1.82) is 0 Å². The molecule has 0 aliphatic carbocycles. The van der Waals surface area contributed by atoms with E-state index in [2.05, 4.69) is 31.2 Å². The van der Waals surface area contributed by atoms with Crippen LogP contribution >= 0.6 is 15.9 Å². The zero-order valence-corrected chi connectivity index (χ0v) is 10.8. The van der Waals surface area contributed by atoms with Crippen molar-refractivity contribution in [2.45, 2.75) is 0 Å². The Kier molecular flexibility index (Phi) is 4.06. The Bertz CT molecular complexity index is 484. The first kappa shape index (κ1) is 12.0. The molecule has 2 aromatic rings. The molecule has 0 spiro atoms. The highest BCUT2D eigenvalue weighted by molar-refractivity contribution is 9.10. The van der Waals surface area contributed by atoms with Crippen LogP contribution in [0.4, 0.5) is 5.69 Å². The summed E-state index contributed by atoms with van der Waals surface area (Å²) >= 11 is 3.41. The first-order chi connectivity index (χ1) is 8.31. The van der Waals surface area contributed by atoms with Crippen LogP contribution in [0.25, 0.3) is 11.3 Å². The maximum atomic E-state index is 5.48. The minimum absolute atomic E-state index is 0.578. The maximum absolute atomic E-state index is 5.48. The van der Waals surface area contributed by atoms with Crippen LogP contribution in [0.1, 0.15) is 0 Å². The topological polar surface area (TPSA) is 63.8 Å². The normalized spacial score (nSPS) is 10.2. The minimum atomic E-state index is 0.578. The number of rotatable bonds is 4. The molecule has 0 radical (unpaired) electrons. The Morgan fingerprint density at radius 1 is 1.24 bits per heavy atom. The first-order valence-corrected chi connectivity index (χ1v) is 6.10. The number of nitrogens with zero attached hydrogens (tertiary/aromatic N) is 2. The molecular weight excluding hydrogens is 280 g/mol. The average molecular weight is 293 g/mol. The summed E-state index contributed by atoms with van der Waals surface area (Å²) in [6.07, 6.45) is 3.31. The smallest absolute Gasteiger partial charge is 0.116 e. The van der Waals surface area contributed by atoms with E-state index in [-0.39, 0.29) is 0 Å². The van der Waals surface area contributed by atoms with Crippen molar-refractivity contribution >= 4 is 21.6 Å². The number of hydrogen-bond acceptors (Lipinski definition) is 4. The molecule has 0 fully saturated rings. The van der Waals surface area contributed by atoms with Crippen LogP contribution in [-0.2, 0) is 0 Å². The molecule has 0 unspecified atom stereocenters. The third-order valence-corrected chi connectivity index (χ3v) is 2.82. The number of nitrogens with one attached hydrogen (secondary N) is 1. The molecular formula is C12H13BrN4. The number of hydrogen-bond donors (Lipinski definition) is 2. The van der Waals surface area contributed by atoms with Crippen LogP contribution in [0.15, 0.2) is 41.3 Å². The van der Waals surface area contributed by atoms with E-state index in [0.29, 0.717) is 13.1 Å². The lowest BCUT2D eigenvalue weighted by Crippen LogP contribution is -2.14. The van der Waals surface area contributed by atoms with Crippen molar-refractivity contribution in [3.63, 3.8) is 0 Å². The Labute approximate surface area is 108 Å². The van der Waals surface area contributed by atoms with Crippen LogP contribution in [0.3, 0.4) is 0 Å². The number of halogens is 1. The van der Waals surface area contributed by atoms with Gasteiger partial charge >= 0.3 is 0 Å². The van der Waals surface area contributed by atoms with Gasteiger partial charge in [0.2, 0.25) is 0 Å². The number of anilines is 1. The van der Waals surface area contributed by atoms with Gasteiger partial charge in [-0.15, -0.1) is 0 Å². The fourth-order valence-electron chi connectivity index (χ4n) is 1.50. The van der Waals surface area contributed by atoms with Gasteiger partial charge in [0.25, 0.3) is 0 Å². The summed E-state index contributed by atoms with van der Waals surface area (Å²) < 4.78 is 1.05. The second kappa shape index (κ2) is 5.75. The molecule has 5 heteroatoms. The number of benzene rings is 1. The van der Waals surface area contributed by atoms with Gasteiger partial charge in [0.1, 0.15) is 6.33 Å². The minimum Gasteiger partial charge on any atom is -0.381 e. The molecule has 1 heterocycles. The van der Waals surface area contributed by atoms with Crippen molar-refractivity contribution in [1.82, 2.24) is 9.97 Å². The molecule has 17 heavy (non-hydrogen) atoms. The summed E-state index contributed by atoms with van der Waals surface area (Å²) in [5, 5.41) is 3.21. The van der Waals surface area contributed by atoms with E-state index in [4.69, 9.17) is 5.73 Å². The fourth-order valence-corrected chi connectivity index (χ4v) is 1.77. The second-order valence-corrected chi connectivity index (χ2v) is 4.42. The van der Waals surface area contributed by atoms with Crippen LogP contribution in [0, 0.1) is 0 Å². The summed E-state index contributed by atoms with van der Waals surface area (Å²) in [5.41, 5.74) is 8.32. The molecule has 0 saturated heterocycles. The largest absolute Gasteiger partial charge is 0.381 e. The predicted octanol–water partition coefficient (Wildman–Crippen LogP) is 2.28. The van der Waals surface area contributed by atoms with Crippen LogP contribution in [0.2, 0.25) is 0 Å². The van der Waals surface area contributed by atoms with E-state index in [1.807, 2.05) is 24.3 Å². The highest BCUT2D eigenvalue weighted by atomic mass is 79.9. The van der Waals surface area contributed by atoms with Gasteiger partial charge in [0.05, 0.1) is 17.6 Å². The fraction of sp³-hybridized carbons (Fsp3) is 0.167. The van der Waals surface area contributed by atoms with Gasteiger partial charge in [-0.3, -0.25) is 0 Å². The van der Waals surface area contributed by atoms with Crippen molar-refractivity contribution in [2.24, 2.45) is 5.73 Å². The third-order valence-electron chi connectivity index (χ3n) is 2.29. The molecule has 0 aliphatic heterocycles. The monoisotopic (exact) mass is 292 g/mol. The Morgan fingerprint density at radius 2 is 2.00 bits per heavy atom. The van der Waals surface area contributed by atoms with Gasteiger partial charge in [-0.1, -0.05) is 28.1 Å². The highest BCUT2D eigenvalue weighted by Gasteiger charge is 2.05. The van der Waals surface area contributed by atoms with Crippen molar-refractivity contribution in [2.75, 3.05) is 18.4 Å². The zero-order chi connectivity index (χ0) is 12.1. The Hall–Kier alpha value is -1.46. The van der Waals surface area contributed by atoms with E-state index >= 15 is 0 Å². The van der Waals surface area contributed by atoms with E-state index in [1.54, 1.807) is 12.5 Å². The standard InChI is InChI=1S/C12H13BrN4/c13-10-3-1-9(2-4-10)12-11(16-6-5-14)7-15-8-17-12/h1-4,7-8,16H,5-6,14H2. The van der Waals surface area contributed by atoms with Crippen molar-refractivity contribution in [3.8, 4) is 11.3 Å². The third kappa shape index (κ3) is 3.01. The lowest BCUT2D eigenvalue weighted by atomic mass is 10.1. The summed E-state index contributed by atoms with van der Waals surface area (Å²) in [6.45, 7) is 1.28. The van der Waals surface area contributed by atoms with Gasteiger partial charge in [0, 0.05) is 23.1 Å². The summed E-state index contributed by atoms with van der Waals surface area (Å²) in [5.74, 6) is 0. The molecule has 3 N–H and O–H groups in total. The van der Waals surface area contributed by atoms with Crippen LogP contribution < -0.4 is 11.1 Å². The van der Waals surface area contributed by atoms with E-state index in [0.717, 1.165) is 21.4 Å². The highest BCUT2D eigenvalue weighted by Crippen LogP contribution is 2.25. The lowest BCUT2D eigenvalue weighted by Gasteiger charge is -2.09. The van der Waals surface area contributed by atoms with E-state index in [9.17, 15) is 0 Å². The Balaban J connectivity index is 2.33. The Morgan fingerprint density at radius 3 is 2.71 bits per heavy atom. The molecule has 0 bridgehead atoms. The first-order valence-electron chi connectivity index (χ1n) is 5.31. The predicted molar refractivity (Wildman–Crippen MR) is 72.7 cm³/mol.